The molecule has 1 saturated carbocycles. The summed E-state index contributed by atoms with van der Waals surface area (Å²) < 4.78 is 5.43. The molecule has 0 heterocycles. The molecule has 1 aliphatic rings. The van der Waals surface area contributed by atoms with Crippen molar-refractivity contribution in [1.82, 2.24) is 10.2 Å². The van der Waals surface area contributed by atoms with Crippen LogP contribution in [-0.2, 0) is 4.74 Å². The van der Waals surface area contributed by atoms with Crippen LogP contribution in [0.2, 0.25) is 0 Å². The van der Waals surface area contributed by atoms with Gasteiger partial charge >= 0.3 is 6.09 Å². The minimum atomic E-state index is -0.462. The molecule has 1 aliphatic carbocycles. The van der Waals surface area contributed by atoms with E-state index in [1.807, 2.05) is 20.8 Å². The number of carbonyl (C=O) groups is 1. The molecule has 0 spiro atoms. The Morgan fingerprint density at radius 1 is 1.25 bits per heavy atom. The fourth-order valence-electron chi connectivity index (χ4n) is 3.57. The Labute approximate surface area is 146 Å². The monoisotopic (exact) mass is 332 g/mol. The van der Waals surface area contributed by atoms with Crippen LogP contribution in [0.15, 0.2) is 24.3 Å². The molecule has 4 nitrogen and oxygen atoms in total. The van der Waals surface area contributed by atoms with Gasteiger partial charge in [0.25, 0.3) is 0 Å². The molecule has 0 radical (unpaired) electrons. The molecule has 24 heavy (non-hydrogen) atoms. The van der Waals surface area contributed by atoms with Crippen LogP contribution in [-0.4, -0.2) is 42.8 Å². The molecule has 0 bridgehead atoms. The van der Waals surface area contributed by atoms with Crippen molar-refractivity contribution in [3.8, 4) is 0 Å². The zero-order chi connectivity index (χ0) is 17.9. The van der Waals surface area contributed by atoms with Crippen molar-refractivity contribution in [1.29, 1.82) is 0 Å². The fourth-order valence-corrected chi connectivity index (χ4v) is 3.57. The lowest BCUT2D eigenvalue weighted by Crippen LogP contribution is -2.53. The summed E-state index contributed by atoms with van der Waals surface area (Å²) in [5, 5.41) is 3.09. The molecule has 4 heteroatoms. The van der Waals surface area contributed by atoms with Gasteiger partial charge in [0, 0.05) is 12.1 Å². The highest BCUT2D eigenvalue weighted by Gasteiger charge is 2.34. The van der Waals surface area contributed by atoms with Crippen LogP contribution < -0.4 is 5.32 Å². The summed E-state index contributed by atoms with van der Waals surface area (Å²) >= 11 is 0. The number of hydrogen-bond donors (Lipinski definition) is 1. The van der Waals surface area contributed by atoms with E-state index in [-0.39, 0.29) is 12.1 Å². The molecule has 0 unspecified atom stereocenters. The van der Waals surface area contributed by atoms with E-state index in [1.165, 1.54) is 11.1 Å². The van der Waals surface area contributed by atoms with Crippen LogP contribution in [0.5, 0.6) is 0 Å². The third-order valence-corrected chi connectivity index (χ3v) is 4.70. The maximum absolute atomic E-state index is 12.1. The predicted octanol–water partition coefficient (Wildman–Crippen LogP) is 4.09. The Balaban J connectivity index is 2.04. The van der Waals surface area contributed by atoms with Crippen LogP contribution in [0.3, 0.4) is 0 Å². The van der Waals surface area contributed by atoms with Gasteiger partial charge in [0.15, 0.2) is 0 Å². The first-order valence-electron chi connectivity index (χ1n) is 8.88. The highest BCUT2D eigenvalue weighted by Crippen LogP contribution is 2.35. The highest BCUT2D eigenvalue weighted by atomic mass is 16.6. The molecule has 1 N–H and O–H groups in total. The lowest BCUT2D eigenvalue weighted by molar-refractivity contribution is 0.0445. The number of aryl methyl sites for hydroxylation is 1. The van der Waals surface area contributed by atoms with Crippen molar-refractivity contribution in [3.05, 3.63) is 35.4 Å². The molecule has 0 saturated heterocycles. The Bertz CT molecular complexity index is 563. The maximum atomic E-state index is 12.1. The number of likely N-dealkylation sites (N-methyl/N-ethyl adjacent to an activating group) is 1. The highest BCUT2D eigenvalue weighted by molar-refractivity contribution is 5.68. The van der Waals surface area contributed by atoms with Gasteiger partial charge in [0.1, 0.15) is 5.60 Å². The van der Waals surface area contributed by atoms with Crippen molar-refractivity contribution >= 4 is 6.09 Å². The largest absolute Gasteiger partial charge is 0.444 e. The molecule has 1 aromatic rings. The lowest BCUT2D eigenvalue weighted by Gasteiger charge is -2.40. The van der Waals surface area contributed by atoms with Gasteiger partial charge in [-0.15, -0.1) is 0 Å². The second-order valence-corrected chi connectivity index (χ2v) is 8.21. The average molecular weight is 332 g/mol. The molecule has 3 atom stereocenters. The van der Waals surface area contributed by atoms with Gasteiger partial charge in [-0.25, -0.2) is 4.79 Å². The first-order chi connectivity index (χ1) is 11.2. The Kier molecular flexibility index (Phi) is 5.92. The van der Waals surface area contributed by atoms with E-state index in [0.29, 0.717) is 12.0 Å². The zero-order valence-corrected chi connectivity index (χ0v) is 15.9. The maximum Gasteiger partial charge on any atom is 0.407 e. The Hall–Kier alpha value is -1.55. The first-order valence-corrected chi connectivity index (χ1v) is 8.88. The van der Waals surface area contributed by atoms with Gasteiger partial charge in [-0.2, -0.15) is 0 Å². The van der Waals surface area contributed by atoms with Crippen molar-refractivity contribution in [3.63, 3.8) is 0 Å². The number of hydrogen-bond acceptors (Lipinski definition) is 3. The average Bonchev–Trinajstić information content (AvgIpc) is 2.45. The van der Waals surface area contributed by atoms with Crippen molar-refractivity contribution < 1.29 is 9.53 Å². The molecular formula is C20H32N2O2. The number of alkyl carbamates (subject to hydrolysis) is 1. The van der Waals surface area contributed by atoms with E-state index in [9.17, 15) is 4.79 Å². The summed E-state index contributed by atoms with van der Waals surface area (Å²) in [4.78, 5) is 14.4. The van der Waals surface area contributed by atoms with Crippen LogP contribution in [0.25, 0.3) is 0 Å². The quantitative estimate of drug-likeness (QED) is 0.906. The van der Waals surface area contributed by atoms with E-state index in [1.54, 1.807) is 0 Å². The van der Waals surface area contributed by atoms with Crippen LogP contribution in [0.4, 0.5) is 4.79 Å². The van der Waals surface area contributed by atoms with Gasteiger partial charge in [-0.1, -0.05) is 29.8 Å². The summed E-state index contributed by atoms with van der Waals surface area (Å²) in [6, 6.07) is 9.25. The smallest absolute Gasteiger partial charge is 0.407 e. The van der Waals surface area contributed by atoms with Crippen molar-refractivity contribution in [2.24, 2.45) is 0 Å². The summed E-state index contributed by atoms with van der Waals surface area (Å²) in [6.45, 7) is 7.82. The van der Waals surface area contributed by atoms with Gasteiger partial charge in [0.2, 0.25) is 0 Å². The molecular weight excluding hydrogens is 300 g/mol. The summed E-state index contributed by atoms with van der Waals surface area (Å²) in [5.74, 6) is 0.550. The zero-order valence-electron chi connectivity index (χ0n) is 15.9. The molecule has 2 rings (SSSR count). The van der Waals surface area contributed by atoms with Gasteiger partial charge < -0.3 is 15.0 Å². The molecule has 134 valence electrons. The minimum Gasteiger partial charge on any atom is -0.444 e. The molecule has 1 amide bonds. The predicted molar refractivity (Wildman–Crippen MR) is 98.4 cm³/mol. The van der Waals surface area contributed by atoms with Gasteiger partial charge in [0.05, 0.1) is 0 Å². The fraction of sp³-hybridized carbons (Fsp3) is 0.650. The number of nitrogens with one attached hydrogen (secondary N) is 1. The topological polar surface area (TPSA) is 41.6 Å². The lowest BCUT2D eigenvalue weighted by atomic mass is 9.78. The summed E-state index contributed by atoms with van der Waals surface area (Å²) in [7, 11) is 4.18. The molecule has 1 fully saturated rings. The number of rotatable bonds is 3. The van der Waals surface area contributed by atoms with Gasteiger partial charge in [-0.05, 0) is 72.5 Å². The standard InChI is InChI=1S/C20H32N2O2/c1-14-8-7-9-15(12-14)16-10-11-17(18(13-16)22(5)6)21-19(23)24-20(2,3)4/h7-9,12,16-18H,10-11,13H2,1-6H3,(H,21,23)/t16-,17-,18-/m0/s1. The molecule has 1 aromatic carbocycles. The second-order valence-electron chi connectivity index (χ2n) is 8.21. The second kappa shape index (κ2) is 7.56. The molecule has 0 aliphatic heterocycles. The van der Waals surface area contributed by atoms with E-state index >= 15 is 0 Å². The van der Waals surface area contributed by atoms with Gasteiger partial charge in [-0.3, -0.25) is 0 Å². The van der Waals surface area contributed by atoms with Crippen LogP contribution in [0, 0.1) is 6.92 Å². The van der Waals surface area contributed by atoms with E-state index < -0.39 is 5.60 Å². The summed E-state index contributed by atoms with van der Waals surface area (Å²) in [5.41, 5.74) is 2.26. The molecule has 0 aromatic heterocycles. The van der Waals surface area contributed by atoms with Crippen LogP contribution in [0.1, 0.15) is 57.1 Å². The number of nitrogens with zero attached hydrogens (tertiary/aromatic N) is 1. The third kappa shape index (κ3) is 5.23. The first kappa shape index (κ1) is 18.8. The summed E-state index contributed by atoms with van der Waals surface area (Å²) in [6.07, 6.45) is 2.81. The number of carbonyl (C=O) groups excluding carboxylic acids is 1. The number of benzene rings is 1. The minimum absolute atomic E-state index is 0.135. The third-order valence-electron chi connectivity index (χ3n) is 4.70. The van der Waals surface area contributed by atoms with E-state index in [0.717, 1.165) is 19.3 Å². The Morgan fingerprint density at radius 3 is 2.54 bits per heavy atom. The van der Waals surface area contributed by atoms with Crippen LogP contribution >= 0.6 is 0 Å². The Morgan fingerprint density at radius 2 is 1.96 bits per heavy atom. The number of ether oxygens (including phenoxy) is 1. The van der Waals surface area contributed by atoms with Crippen molar-refractivity contribution in [2.45, 2.75) is 70.6 Å². The normalized spacial score (nSPS) is 24.7. The SMILES string of the molecule is Cc1cccc([C@H]2CC[C@H](NC(=O)OC(C)(C)C)[C@@H](N(C)C)C2)c1. The van der Waals surface area contributed by atoms with E-state index in [4.69, 9.17) is 4.74 Å². The van der Waals surface area contributed by atoms with E-state index in [2.05, 4.69) is 55.5 Å². The van der Waals surface area contributed by atoms with Crippen molar-refractivity contribution in [2.75, 3.05) is 14.1 Å². The number of amides is 1.